The second-order valence-corrected chi connectivity index (χ2v) is 1.36. The van der Waals surface area contributed by atoms with E-state index >= 15 is 0 Å². The molecule has 1 heteroatoms. The van der Waals surface area contributed by atoms with Crippen molar-refractivity contribution in [1.82, 2.24) is 0 Å². The fourth-order valence-corrected chi connectivity index (χ4v) is 0.310. The molecule has 3 N–H and O–H groups in total. The van der Waals surface area contributed by atoms with Crippen molar-refractivity contribution in [3.8, 4) is 0 Å². The Morgan fingerprint density at radius 2 is 2.00 bits per heavy atom. The zero-order valence-corrected chi connectivity index (χ0v) is 4.94. The summed E-state index contributed by atoms with van der Waals surface area (Å²) in [5.41, 5.74) is 4.79. The Bertz CT molecular complexity index is 90.4. The minimum absolute atomic E-state index is 1.07. The molecule has 0 unspecified atom stereocenters. The van der Waals surface area contributed by atoms with Gasteiger partial charge in [0.15, 0.2) is 0 Å². The first-order valence-electron chi connectivity index (χ1n) is 2.42. The molecule has 0 aromatic rings. The summed E-state index contributed by atoms with van der Waals surface area (Å²) in [5, 5.41) is 0. The van der Waals surface area contributed by atoms with Crippen LogP contribution in [-0.4, -0.2) is 0 Å². The van der Waals surface area contributed by atoms with Gasteiger partial charge >= 0.3 is 0 Å². The van der Waals surface area contributed by atoms with E-state index in [9.17, 15) is 0 Å². The molecule has 0 aliphatic rings. The van der Waals surface area contributed by atoms with Crippen LogP contribution in [0.25, 0.3) is 0 Å². The SMILES string of the molecule is CC=CC([NH3+])=CC. The Hall–Kier alpha value is -0.560. The van der Waals surface area contributed by atoms with Gasteiger partial charge < -0.3 is 5.73 Å². The van der Waals surface area contributed by atoms with Gasteiger partial charge in [-0.25, -0.2) is 0 Å². The van der Waals surface area contributed by atoms with Crippen LogP contribution in [0.1, 0.15) is 13.8 Å². The van der Waals surface area contributed by atoms with E-state index in [1.165, 1.54) is 0 Å². The Kier molecular flexibility index (Phi) is 3.33. The van der Waals surface area contributed by atoms with Crippen LogP contribution in [0.5, 0.6) is 0 Å². The van der Waals surface area contributed by atoms with Gasteiger partial charge in [-0.3, -0.25) is 0 Å². The van der Waals surface area contributed by atoms with Gasteiger partial charge in [0.25, 0.3) is 0 Å². The minimum Gasteiger partial charge on any atom is -0.326 e. The highest BCUT2D eigenvalue weighted by Gasteiger charge is 1.75. The van der Waals surface area contributed by atoms with Crippen molar-refractivity contribution in [2.45, 2.75) is 13.8 Å². The summed E-state index contributed by atoms with van der Waals surface area (Å²) in [5.74, 6) is 0. The maximum Gasteiger partial charge on any atom is 0.123 e. The predicted molar refractivity (Wildman–Crippen MR) is 31.5 cm³/mol. The molecule has 0 aromatic heterocycles. The molecule has 0 aliphatic heterocycles. The van der Waals surface area contributed by atoms with Crippen LogP contribution in [-0.2, 0) is 0 Å². The molecule has 0 fully saturated rings. The molecule has 0 aliphatic carbocycles. The van der Waals surface area contributed by atoms with E-state index < -0.39 is 0 Å². The quantitative estimate of drug-likeness (QED) is 0.468. The number of allylic oxidation sites excluding steroid dienone is 3. The molecule has 0 radical (unpaired) electrons. The minimum atomic E-state index is 1.07. The Morgan fingerprint density at radius 1 is 1.43 bits per heavy atom. The Balaban J connectivity index is 3.58. The number of hydrogen-bond donors (Lipinski definition) is 1. The molecule has 0 spiro atoms. The number of hydrogen-bond acceptors (Lipinski definition) is 0. The molecule has 0 amide bonds. The molecule has 0 bridgehead atoms. The normalized spacial score (nSPS) is 13.3. The van der Waals surface area contributed by atoms with Crippen molar-refractivity contribution in [2.75, 3.05) is 0 Å². The molecule has 40 valence electrons. The molecular formula is C6H12N+. The van der Waals surface area contributed by atoms with Crippen LogP contribution in [0.3, 0.4) is 0 Å². The van der Waals surface area contributed by atoms with Crippen LogP contribution < -0.4 is 5.73 Å². The van der Waals surface area contributed by atoms with Crippen LogP contribution >= 0.6 is 0 Å². The third-order valence-electron chi connectivity index (χ3n) is 0.752. The van der Waals surface area contributed by atoms with Crippen molar-refractivity contribution in [2.24, 2.45) is 0 Å². The first-order chi connectivity index (χ1) is 3.31. The van der Waals surface area contributed by atoms with E-state index in [0.29, 0.717) is 0 Å². The van der Waals surface area contributed by atoms with Gasteiger partial charge in [-0.05, 0) is 26.0 Å². The molecule has 0 aromatic carbocycles. The average Bonchev–Trinajstić information content (AvgIpc) is 1.68. The largest absolute Gasteiger partial charge is 0.326 e. The predicted octanol–water partition coefficient (Wildman–Crippen LogP) is 0.708. The third kappa shape index (κ3) is 3.27. The van der Waals surface area contributed by atoms with Crippen molar-refractivity contribution in [1.29, 1.82) is 0 Å². The molecular weight excluding hydrogens is 86.1 g/mol. The maximum atomic E-state index is 3.72. The Labute approximate surface area is 44.5 Å². The fourth-order valence-electron chi connectivity index (χ4n) is 0.310. The molecule has 7 heavy (non-hydrogen) atoms. The van der Waals surface area contributed by atoms with Crippen LogP contribution in [0.2, 0.25) is 0 Å². The lowest BCUT2D eigenvalue weighted by molar-refractivity contribution is -0.295. The van der Waals surface area contributed by atoms with Crippen molar-refractivity contribution < 1.29 is 5.73 Å². The monoisotopic (exact) mass is 98.1 g/mol. The first-order valence-corrected chi connectivity index (χ1v) is 2.42. The number of quaternary nitrogens is 1. The van der Waals surface area contributed by atoms with Crippen LogP contribution in [0.15, 0.2) is 23.9 Å². The highest BCUT2D eigenvalue weighted by Crippen LogP contribution is 1.79. The van der Waals surface area contributed by atoms with Gasteiger partial charge in [-0.2, -0.15) is 0 Å². The zero-order valence-electron chi connectivity index (χ0n) is 4.94. The topological polar surface area (TPSA) is 27.6 Å². The molecule has 0 atom stereocenters. The van der Waals surface area contributed by atoms with E-state index in [1.807, 2.05) is 32.1 Å². The van der Waals surface area contributed by atoms with E-state index in [1.54, 1.807) is 0 Å². The van der Waals surface area contributed by atoms with Crippen LogP contribution in [0, 0.1) is 0 Å². The summed E-state index contributed by atoms with van der Waals surface area (Å²) in [6.45, 7) is 3.96. The second-order valence-electron chi connectivity index (χ2n) is 1.36. The highest BCUT2D eigenvalue weighted by atomic mass is 14.5. The number of rotatable bonds is 1. The van der Waals surface area contributed by atoms with Gasteiger partial charge in [-0.15, -0.1) is 0 Å². The maximum absolute atomic E-state index is 3.72. The Morgan fingerprint density at radius 3 is 2.14 bits per heavy atom. The van der Waals surface area contributed by atoms with Gasteiger partial charge in [0, 0.05) is 0 Å². The standard InChI is InChI=1S/C6H11N/c1-3-5-6(7)4-2/h3-5H,7H2,1-2H3/p+1. The van der Waals surface area contributed by atoms with Gasteiger partial charge in [-0.1, -0.05) is 6.08 Å². The average molecular weight is 98.2 g/mol. The molecule has 0 saturated heterocycles. The van der Waals surface area contributed by atoms with Crippen LogP contribution in [0.4, 0.5) is 0 Å². The van der Waals surface area contributed by atoms with Gasteiger partial charge in [0.1, 0.15) is 5.70 Å². The summed E-state index contributed by atoms with van der Waals surface area (Å²) in [6, 6.07) is 0. The lowest BCUT2D eigenvalue weighted by Gasteiger charge is -1.77. The summed E-state index contributed by atoms with van der Waals surface area (Å²) in [7, 11) is 0. The summed E-state index contributed by atoms with van der Waals surface area (Å²) < 4.78 is 0. The van der Waals surface area contributed by atoms with Crippen molar-refractivity contribution in [3.63, 3.8) is 0 Å². The molecule has 0 heterocycles. The zero-order chi connectivity index (χ0) is 5.70. The van der Waals surface area contributed by atoms with Gasteiger partial charge in [0.2, 0.25) is 0 Å². The second kappa shape index (κ2) is 3.62. The van der Waals surface area contributed by atoms with Crippen molar-refractivity contribution in [3.05, 3.63) is 23.9 Å². The fraction of sp³-hybridized carbons (Fsp3) is 0.333. The molecule has 1 nitrogen and oxygen atoms in total. The lowest BCUT2D eigenvalue weighted by Crippen LogP contribution is -2.46. The summed E-state index contributed by atoms with van der Waals surface area (Å²) >= 11 is 0. The first kappa shape index (κ1) is 6.44. The van der Waals surface area contributed by atoms with E-state index in [0.717, 1.165) is 5.70 Å². The smallest absolute Gasteiger partial charge is 0.123 e. The molecule has 0 rings (SSSR count). The summed E-state index contributed by atoms with van der Waals surface area (Å²) in [6.07, 6.45) is 5.92. The lowest BCUT2D eigenvalue weighted by atomic mass is 10.4. The van der Waals surface area contributed by atoms with E-state index in [-0.39, 0.29) is 0 Å². The summed E-state index contributed by atoms with van der Waals surface area (Å²) in [4.78, 5) is 0. The third-order valence-corrected chi connectivity index (χ3v) is 0.752. The van der Waals surface area contributed by atoms with Crippen molar-refractivity contribution >= 4 is 0 Å². The highest BCUT2D eigenvalue weighted by molar-refractivity contribution is 5.05. The van der Waals surface area contributed by atoms with Gasteiger partial charge in [0.05, 0.1) is 0 Å². The molecule has 0 saturated carbocycles. The van der Waals surface area contributed by atoms with E-state index in [2.05, 4.69) is 5.73 Å². The van der Waals surface area contributed by atoms with E-state index in [4.69, 9.17) is 0 Å².